The predicted molar refractivity (Wildman–Crippen MR) is 221 cm³/mol. The number of nitrogens with zero attached hydrogens (tertiary/aromatic N) is 4. The number of fused-ring (bicyclic) bond motifs is 7. The van der Waals surface area contributed by atoms with Gasteiger partial charge in [0.05, 0.1) is 16.7 Å². The van der Waals surface area contributed by atoms with E-state index in [1.807, 2.05) is 60.7 Å². The molecule has 0 unspecified atom stereocenters. The third-order valence-corrected chi connectivity index (χ3v) is 10.4. The van der Waals surface area contributed by atoms with E-state index in [4.69, 9.17) is 19.4 Å². The Labute approximate surface area is 310 Å². The zero-order chi connectivity index (χ0) is 35.6. The number of furan rings is 1. The highest BCUT2D eigenvalue weighted by Gasteiger charge is 2.23. The van der Waals surface area contributed by atoms with Crippen molar-refractivity contribution < 1.29 is 4.42 Å². The van der Waals surface area contributed by atoms with E-state index in [1.54, 1.807) is 0 Å². The Morgan fingerprint density at radius 1 is 0.389 bits per heavy atom. The Morgan fingerprint density at radius 3 is 1.67 bits per heavy atom. The van der Waals surface area contributed by atoms with Crippen molar-refractivity contribution in [1.29, 1.82) is 0 Å². The zero-order valence-electron chi connectivity index (χ0n) is 29.0. The van der Waals surface area contributed by atoms with E-state index in [0.29, 0.717) is 17.5 Å². The van der Waals surface area contributed by atoms with Crippen LogP contribution in [0, 0.1) is 0 Å². The smallest absolute Gasteiger partial charge is 0.164 e. The summed E-state index contributed by atoms with van der Waals surface area (Å²) < 4.78 is 9.38. The van der Waals surface area contributed by atoms with E-state index >= 15 is 0 Å². The summed E-state index contributed by atoms with van der Waals surface area (Å²) in [6.45, 7) is 0. The van der Waals surface area contributed by atoms with Crippen molar-refractivity contribution in [2.75, 3.05) is 0 Å². The molecule has 5 heteroatoms. The molecule has 0 saturated carbocycles. The van der Waals surface area contributed by atoms with Crippen LogP contribution in [0.5, 0.6) is 0 Å². The number of para-hydroxylation sites is 1. The monoisotopic (exact) mass is 690 g/mol. The molecule has 0 fully saturated rings. The van der Waals surface area contributed by atoms with Gasteiger partial charge in [-0.05, 0) is 58.3 Å². The van der Waals surface area contributed by atoms with Crippen molar-refractivity contribution in [2.45, 2.75) is 0 Å². The van der Waals surface area contributed by atoms with Crippen LogP contribution < -0.4 is 0 Å². The van der Waals surface area contributed by atoms with Crippen molar-refractivity contribution in [3.63, 3.8) is 0 Å². The summed E-state index contributed by atoms with van der Waals surface area (Å²) in [5, 5.41) is 6.59. The Balaban J connectivity index is 1.24. The minimum absolute atomic E-state index is 0.587. The van der Waals surface area contributed by atoms with Gasteiger partial charge in [-0.25, -0.2) is 15.0 Å². The van der Waals surface area contributed by atoms with E-state index in [-0.39, 0.29) is 0 Å². The van der Waals surface area contributed by atoms with Crippen LogP contribution in [-0.4, -0.2) is 19.5 Å². The van der Waals surface area contributed by atoms with Crippen molar-refractivity contribution in [1.82, 2.24) is 19.5 Å². The lowest BCUT2D eigenvalue weighted by Crippen LogP contribution is -2.01. The van der Waals surface area contributed by atoms with Gasteiger partial charge in [-0.1, -0.05) is 146 Å². The molecule has 0 saturated heterocycles. The van der Waals surface area contributed by atoms with Gasteiger partial charge < -0.3 is 8.98 Å². The number of benzene rings is 8. The number of hydrogen-bond donors (Lipinski definition) is 0. The normalized spacial score (nSPS) is 11.7. The van der Waals surface area contributed by atoms with Gasteiger partial charge in [0.1, 0.15) is 5.58 Å². The average molecular weight is 691 g/mol. The second kappa shape index (κ2) is 12.1. The Kier molecular flexibility index (Phi) is 6.79. The molecule has 11 aromatic rings. The second-order valence-electron chi connectivity index (χ2n) is 13.6. The molecule has 54 heavy (non-hydrogen) atoms. The van der Waals surface area contributed by atoms with E-state index < -0.39 is 0 Å². The summed E-state index contributed by atoms with van der Waals surface area (Å²) in [6.07, 6.45) is 0. The van der Waals surface area contributed by atoms with Crippen molar-refractivity contribution in [3.05, 3.63) is 182 Å². The van der Waals surface area contributed by atoms with Crippen LogP contribution in [0.4, 0.5) is 0 Å². The third kappa shape index (κ3) is 4.83. The van der Waals surface area contributed by atoms with Crippen LogP contribution in [-0.2, 0) is 0 Å². The van der Waals surface area contributed by atoms with Gasteiger partial charge in [-0.2, -0.15) is 0 Å². The molecule has 5 nitrogen and oxygen atoms in total. The van der Waals surface area contributed by atoms with Gasteiger partial charge in [-0.15, -0.1) is 0 Å². The SMILES string of the molecule is c1ccc(-c2ccc3c4ccccc4n(-c4ccc(-c5nc(-c6ccccc6)nc(-c6ccccc6)n5)c5c4oc4cc6ccccc6cc45)c3c2)cc1. The number of hydrogen-bond acceptors (Lipinski definition) is 4. The molecule has 0 atom stereocenters. The summed E-state index contributed by atoms with van der Waals surface area (Å²) in [5.74, 6) is 1.82. The van der Waals surface area contributed by atoms with Gasteiger partial charge >= 0.3 is 0 Å². The number of aromatic nitrogens is 4. The molecular formula is C49H30N4O. The Bertz CT molecular complexity index is 3140. The van der Waals surface area contributed by atoms with Gasteiger partial charge in [0.25, 0.3) is 0 Å². The maximum absolute atomic E-state index is 7.03. The van der Waals surface area contributed by atoms with Gasteiger partial charge in [0.2, 0.25) is 0 Å². The molecule has 3 heterocycles. The van der Waals surface area contributed by atoms with E-state index in [0.717, 1.165) is 71.7 Å². The first-order valence-electron chi connectivity index (χ1n) is 18.1. The predicted octanol–water partition coefficient (Wildman–Crippen LogP) is 12.7. The largest absolute Gasteiger partial charge is 0.454 e. The van der Waals surface area contributed by atoms with Crippen LogP contribution >= 0.6 is 0 Å². The minimum atomic E-state index is 0.587. The summed E-state index contributed by atoms with van der Waals surface area (Å²) in [5.41, 5.74) is 9.80. The van der Waals surface area contributed by atoms with Crippen molar-refractivity contribution in [3.8, 4) is 51.0 Å². The minimum Gasteiger partial charge on any atom is -0.454 e. The summed E-state index contributed by atoms with van der Waals surface area (Å²) in [7, 11) is 0. The maximum atomic E-state index is 7.03. The molecule has 0 aliphatic carbocycles. The topological polar surface area (TPSA) is 56.7 Å². The fraction of sp³-hybridized carbons (Fsp3) is 0. The highest BCUT2D eigenvalue weighted by Crippen LogP contribution is 2.43. The molecule has 11 rings (SSSR count). The fourth-order valence-electron chi connectivity index (χ4n) is 7.88. The first-order valence-corrected chi connectivity index (χ1v) is 18.1. The second-order valence-corrected chi connectivity index (χ2v) is 13.6. The molecule has 252 valence electrons. The van der Waals surface area contributed by atoms with Crippen molar-refractivity contribution >= 4 is 54.5 Å². The Hall–Kier alpha value is -7.37. The van der Waals surface area contributed by atoms with Crippen LogP contribution in [0.25, 0.3) is 105 Å². The molecule has 0 aliphatic heterocycles. The van der Waals surface area contributed by atoms with Crippen LogP contribution in [0.1, 0.15) is 0 Å². The molecule has 8 aromatic carbocycles. The summed E-state index contributed by atoms with van der Waals surface area (Å²) in [4.78, 5) is 15.3. The highest BCUT2D eigenvalue weighted by molar-refractivity contribution is 6.18. The van der Waals surface area contributed by atoms with E-state index in [9.17, 15) is 0 Å². The molecule has 3 aromatic heterocycles. The molecule has 0 spiro atoms. The first-order chi connectivity index (χ1) is 26.8. The van der Waals surface area contributed by atoms with Gasteiger partial charge in [0, 0.05) is 38.2 Å². The fourth-order valence-corrected chi connectivity index (χ4v) is 7.88. The van der Waals surface area contributed by atoms with Crippen molar-refractivity contribution in [2.24, 2.45) is 0 Å². The standard InChI is InChI=1S/C49H30N4O/c1-4-14-31(15-5-1)36-24-25-38-37-22-12-13-23-41(37)53(43(38)29-36)42-27-26-39(45-40-28-34-20-10-11-21-35(34)30-44(40)54-46(42)45)49-51-47(32-16-6-2-7-17-32)50-48(52-49)33-18-8-3-9-19-33/h1-30H. The summed E-state index contributed by atoms with van der Waals surface area (Å²) in [6, 6.07) is 63.3. The quantitative estimate of drug-likeness (QED) is 0.180. The zero-order valence-corrected chi connectivity index (χ0v) is 29.0. The Morgan fingerprint density at radius 2 is 0.963 bits per heavy atom. The molecule has 0 N–H and O–H groups in total. The first kappa shape index (κ1) is 30.3. The molecule has 0 bridgehead atoms. The highest BCUT2D eigenvalue weighted by atomic mass is 16.3. The molecule has 0 aliphatic rings. The van der Waals surface area contributed by atoms with Gasteiger partial charge in [-0.3, -0.25) is 0 Å². The van der Waals surface area contributed by atoms with E-state index in [1.165, 1.54) is 16.3 Å². The lowest BCUT2D eigenvalue weighted by Gasteiger charge is -2.13. The van der Waals surface area contributed by atoms with Crippen LogP contribution in [0.15, 0.2) is 186 Å². The van der Waals surface area contributed by atoms with Crippen LogP contribution in [0.3, 0.4) is 0 Å². The third-order valence-electron chi connectivity index (χ3n) is 10.4. The maximum Gasteiger partial charge on any atom is 0.164 e. The summed E-state index contributed by atoms with van der Waals surface area (Å²) >= 11 is 0. The average Bonchev–Trinajstić information content (AvgIpc) is 3.78. The molecular weight excluding hydrogens is 661 g/mol. The molecule has 0 radical (unpaired) electrons. The number of rotatable bonds is 5. The van der Waals surface area contributed by atoms with Crippen LogP contribution in [0.2, 0.25) is 0 Å². The lowest BCUT2D eigenvalue weighted by atomic mass is 10.0. The lowest BCUT2D eigenvalue weighted by molar-refractivity contribution is 0.667. The van der Waals surface area contributed by atoms with E-state index in [2.05, 4.69) is 126 Å². The van der Waals surface area contributed by atoms with Gasteiger partial charge in [0.15, 0.2) is 23.1 Å². The molecule has 0 amide bonds.